The molecule has 2 fully saturated rings. The molecule has 70 valence electrons. The van der Waals surface area contributed by atoms with Crippen LogP contribution in [0.15, 0.2) is 0 Å². The summed E-state index contributed by atoms with van der Waals surface area (Å²) in [5.41, 5.74) is 0.449. The molecule has 0 unspecified atom stereocenters. The van der Waals surface area contributed by atoms with Crippen molar-refractivity contribution in [2.75, 3.05) is 33.4 Å². The second-order valence-electron chi connectivity index (χ2n) is 3.99. The molecular formula is C9H17NO2. The third-order valence-electron chi connectivity index (χ3n) is 3.10. The summed E-state index contributed by atoms with van der Waals surface area (Å²) in [5.74, 6) is 0. The van der Waals surface area contributed by atoms with Gasteiger partial charge in [-0.05, 0) is 19.3 Å². The van der Waals surface area contributed by atoms with Gasteiger partial charge < -0.3 is 4.74 Å². The highest BCUT2D eigenvalue weighted by molar-refractivity contribution is 4.83. The summed E-state index contributed by atoms with van der Waals surface area (Å²) in [5, 5.41) is 1.95. The number of ether oxygens (including phenoxy) is 1. The number of nitrogens with zero attached hydrogens (tertiary/aromatic N) is 1. The lowest BCUT2D eigenvalue weighted by Gasteiger charge is -2.42. The van der Waals surface area contributed by atoms with Gasteiger partial charge in [0.15, 0.2) is 0 Å². The summed E-state index contributed by atoms with van der Waals surface area (Å²) in [7, 11) is 2.01. The molecule has 2 heterocycles. The molecule has 3 heteroatoms. The number of hydroxylamine groups is 2. The maximum absolute atomic E-state index is 5.55. The summed E-state index contributed by atoms with van der Waals surface area (Å²) in [6.45, 7) is 3.81. The van der Waals surface area contributed by atoms with Gasteiger partial charge in [0.1, 0.15) is 0 Å². The zero-order valence-electron chi connectivity index (χ0n) is 7.71. The normalized spacial score (nSPS) is 30.8. The van der Waals surface area contributed by atoms with Crippen LogP contribution >= 0.6 is 0 Å². The fraction of sp³-hybridized carbons (Fsp3) is 1.00. The van der Waals surface area contributed by atoms with E-state index in [1.807, 2.05) is 12.1 Å². The van der Waals surface area contributed by atoms with E-state index in [4.69, 9.17) is 9.57 Å². The highest BCUT2D eigenvalue weighted by Crippen LogP contribution is 2.36. The Kier molecular flexibility index (Phi) is 2.35. The monoisotopic (exact) mass is 171 g/mol. The second-order valence-corrected chi connectivity index (χ2v) is 3.99. The molecule has 0 aromatic rings. The van der Waals surface area contributed by atoms with Gasteiger partial charge in [-0.15, -0.1) is 0 Å². The van der Waals surface area contributed by atoms with Gasteiger partial charge >= 0.3 is 0 Å². The van der Waals surface area contributed by atoms with Crippen LogP contribution in [0.3, 0.4) is 0 Å². The molecule has 0 aliphatic carbocycles. The van der Waals surface area contributed by atoms with Crippen molar-refractivity contribution in [3.63, 3.8) is 0 Å². The Labute approximate surface area is 73.6 Å². The molecule has 0 aromatic heterocycles. The smallest absolute Gasteiger partial charge is 0.0743 e. The second kappa shape index (κ2) is 3.32. The van der Waals surface area contributed by atoms with Crippen LogP contribution in [0.25, 0.3) is 0 Å². The summed E-state index contributed by atoms with van der Waals surface area (Å²) in [4.78, 5) is 5.55. The lowest BCUT2D eigenvalue weighted by Crippen LogP contribution is -2.43. The first-order valence-corrected chi connectivity index (χ1v) is 4.73. The third-order valence-corrected chi connectivity index (χ3v) is 3.10. The topological polar surface area (TPSA) is 21.7 Å². The minimum Gasteiger partial charge on any atom is -0.381 e. The van der Waals surface area contributed by atoms with Gasteiger partial charge in [-0.1, -0.05) is 0 Å². The first-order chi connectivity index (χ1) is 5.81. The summed E-state index contributed by atoms with van der Waals surface area (Å²) < 4.78 is 5.35. The fourth-order valence-electron chi connectivity index (χ4n) is 1.98. The predicted molar refractivity (Wildman–Crippen MR) is 45.7 cm³/mol. The lowest BCUT2D eigenvalue weighted by molar-refractivity contribution is -0.217. The molecule has 3 nitrogen and oxygen atoms in total. The molecule has 0 atom stereocenters. The number of rotatable bonds is 0. The van der Waals surface area contributed by atoms with Crippen LogP contribution in [0, 0.1) is 5.41 Å². The Morgan fingerprint density at radius 1 is 1.17 bits per heavy atom. The fourth-order valence-corrected chi connectivity index (χ4v) is 1.98. The summed E-state index contributed by atoms with van der Waals surface area (Å²) in [6.07, 6.45) is 3.63. The Morgan fingerprint density at radius 2 is 1.92 bits per heavy atom. The average Bonchev–Trinajstić information content (AvgIpc) is 2.13. The maximum Gasteiger partial charge on any atom is 0.0743 e. The van der Waals surface area contributed by atoms with Gasteiger partial charge in [-0.3, -0.25) is 4.84 Å². The van der Waals surface area contributed by atoms with Crippen LogP contribution in [0.4, 0.5) is 0 Å². The Morgan fingerprint density at radius 3 is 2.50 bits per heavy atom. The maximum atomic E-state index is 5.55. The molecule has 0 N–H and O–H groups in total. The first kappa shape index (κ1) is 8.48. The molecular weight excluding hydrogens is 154 g/mol. The molecule has 2 rings (SSSR count). The van der Waals surface area contributed by atoms with Crippen molar-refractivity contribution in [1.29, 1.82) is 0 Å². The zero-order valence-corrected chi connectivity index (χ0v) is 7.71. The SMILES string of the molecule is CN1CCC2(CCOCC2)CO1. The van der Waals surface area contributed by atoms with E-state index < -0.39 is 0 Å². The van der Waals surface area contributed by atoms with Gasteiger partial charge in [-0.2, -0.15) is 5.06 Å². The molecule has 2 aliphatic heterocycles. The minimum absolute atomic E-state index is 0.449. The molecule has 0 bridgehead atoms. The van der Waals surface area contributed by atoms with E-state index in [0.29, 0.717) is 5.41 Å². The van der Waals surface area contributed by atoms with Crippen LogP contribution in [-0.4, -0.2) is 38.5 Å². The highest BCUT2D eigenvalue weighted by atomic mass is 16.7. The largest absolute Gasteiger partial charge is 0.381 e. The molecule has 0 saturated carbocycles. The Hall–Kier alpha value is -0.120. The van der Waals surface area contributed by atoms with E-state index in [9.17, 15) is 0 Å². The van der Waals surface area contributed by atoms with E-state index in [-0.39, 0.29) is 0 Å². The quantitative estimate of drug-likeness (QED) is 0.544. The van der Waals surface area contributed by atoms with Gasteiger partial charge in [-0.25, -0.2) is 0 Å². The van der Waals surface area contributed by atoms with Crippen LogP contribution < -0.4 is 0 Å². The molecule has 2 saturated heterocycles. The molecule has 12 heavy (non-hydrogen) atoms. The van der Waals surface area contributed by atoms with E-state index >= 15 is 0 Å². The van der Waals surface area contributed by atoms with Crippen molar-refractivity contribution in [3.05, 3.63) is 0 Å². The Balaban J connectivity index is 1.92. The van der Waals surface area contributed by atoms with Crippen LogP contribution in [0.2, 0.25) is 0 Å². The van der Waals surface area contributed by atoms with E-state index in [0.717, 1.165) is 26.4 Å². The predicted octanol–water partition coefficient (Wildman–Crippen LogP) is 1.05. The first-order valence-electron chi connectivity index (χ1n) is 4.73. The highest BCUT2D eigenvalue weighted by Gasteiger charge is 2.36. The van der Waals surface area contributed by atoms with Crippen molar-refractivity contribution in [2.45, 2.75) is 19.3 Å². The van der Waals surface area contributed by atoms with Crippen molar-refractivity contribution >= 4 is 0 Å². The molecule has 0 radical (unpaired) electrons. The van der Waals surface area contributed by atoms with E-state index in [1.54, 1.807) is 0 Å². The van der Waals surface area contributed by atoms with Crippen molar-refractivity contribution in [1.82, 2.24) is 5.06 Å². The van der Waals surface area contributed by atoms with E-state index in [1.165, 1.54) is 19.3 Å². The van der Waals surface area contributed by atoms with Crippen molar-refractivity contribution in [3.8, 4) is 0 Å². The molecule has 0 aromatic carbocycles. The standard InChI is InChI=1S/C9H17NO2/c1-10-5-2-9(8-12-10)3-6-11-7-4-9/h2-8H2,1H3. The minimum atomic E-state index is 0.449. The summed E-state index contributed by atoms with van der Waals surface area (Å²) >= 11 is 0. The average molecular weight is 171 g/mol. The van der Waals surface area contributed by atoms with Crippen LogP contribution in [0.1, 0.15) is 19.3 Å². The van der Waals surface area contributed by atoms with Crippen molar-refractivity contribution in [2.24, 2.45) is 5.41 Å². The Bertz CT molecular complexity index is 145. The number of hydrogen-bond acceptors (Lipinski definition) is 3. The van der Waals surface area contributed by atoms with Gasteiger partial charge in [0.2, 0.25) is 0 Å². The third kappa shape index (κ3) is 1.63. The number of hydrogen-bond donors (Lipinski definition) is 0. The lowest BCUT2D eigenvalue weighted by atomic mass is 9.77. The van der Waals surface area contributed by atoms with Crippen LogP contribution in [-0.2, 0) is 9.57 Å². The summed E-state index contributed by atoms with van der Waals surface area (Å²) in [6, 6.07) is 0. The molecule has 0 amide bonds. The van der Waals surface area contributed by atoms with Crippen LogP contribution in [0.5, 0.6) is 0 Å². The zero-order chi connectivity index (χ0) is 8.44. The van der Waals surface area contributed by atoms with E-state index in [2.05, 4.69) is 0 Å². The van der Waals surface area contributed by atoms with Crippen molar-refractivity contribution < 1.29 is 9.57 Å². The van der Waals surface area contributed by atoms with Gasteiger partial charge in [0.05, 0.1) is 6.61 Å². The molecule has 2 aliphatic rings. The molecule has 1 spiro atoms. The van der Waals surface area contributed by atoms with Gasteiger partial charge in [0, 0.05) is 32.2 Å². The van der Waals surface area contributed by atoms with Gasteiger partial charge in [0.25, 0.3) is 0 Å².